The maximum Gasteiger partial charge on any atom is 0.187 e. The third-order valence-electron chi connectivity index (χ3n) is 3.42. The highest BCUT2D eigenvalue weighted by atomic mass is 16.7. The van der Waals surface area contributed by atoms with Crippen LogP contribution in [0.4, 0.5) is 0 Å². The molecule has 0 radical (unpaired) electrons. The lowest BCUT2D eigenvalue weighted by Crippen LogP contribution is -2.59. The lowest BCUT2D eigenvalue weighted by Gasteiger charge is -2.39. The second-order valence-electron chi connectivity index (χ2n) is 5.47. The maximum absolute atomic E-state index is 9.78. The van der Waals surface area contributed by atoms with Gasteiger partial charge in [-0.25, -0.2) is 0 Å². The number of hydrogen-bond acceptors (Lipinski definition) is 8. The summed E-state index contributed by atoms with van der Waals surface area (Å²) < 4.78 is 10.4. The zero-order valence-electron chi connectivity index (χ0n) is 14.5. The number of ether oxygens (including phenoxy) is 2. The van der Waals surface area contributed by atoms with Crippen molar-refractivity contribution in [3.63, 3.8) is 0 Å². The van der Waals surface area contributed by atoms with E-state index in [-0.39, 0.29) is 13.2 Å². The van der Waals surface area contributed by atoms with Gasteiger partial charge in [-0.05, 0) is 24.0 Å². The van der Waals surface area contributed by atoms with Gasteiger partial charge in [-0.3, -0.25) is 0 Å². The molecule has 1 saturated heterocycles. The Balaban J connectivity index is 2.34. The predicted octanol–water partition coefficient (Wildman–Crippen LogP) is -2.17. The largest absolute Gasteiger partial charge is 0.394 e. The van der Waals surface area contributed by atoms with Gasteiger partial charge in [0.15, 0.2) is 6.29 Å². The molecule has 0 aromatic heterocycles. The normalized spacial score (nSPS) is 29.5. The SMILES string of the molecule is OCC(O)/C=C/C=C/C#CC#C/C=C/CO[C@@H]1O[C@H](CO)[C@@H](O)[C@H](O)[C@H]1O. The minimum absolute atomic E-state index is 0.0304. The minimum Gasteiger partial charge on any atom is -0.394 e. The first-order valence-corrected chi connectivity index (χ1v) is 8.21. The van der Waals surface area contributed by atoms with Crippen LogP contribution in [0.5, 0.6) is 0 Å². The van der Waals surface area contributed by atoms with E-state index in [1.807, 2.05) is 0 Å². The van der Waals surface area contributed by atoms with E-state index in [4.69, 9.17) is 24.8 Å². The van der Waals surface area contributed by atoms with Crippen molar-refractivity contribution in [3.8, 4) is 23.7 Å². The average molecular weight is 380 g/mol. The fourth-order valence-electron chi connectivity index (χ4n) is 1.97. The van der Waals surface area contributed by atoms with Crippen molar-refractivity contribution in [3.05, 3.63) is 36.5 Å². The summed E-state index contributed by atoms with van der Waals surface area (Å²) in [6, 6.07) is 0. The van der Waals surface area contributed by atoms with Gasteiger partial charge in [0.1, 0.15) is 24.4 Å². The topological polar surface area (TPSA) is 140 Å². The van der Waals surface area contributed by atoms with E-state index in [0.29, 0.717) is 0 Å². The highest BCUT2D eigenvalue weighted by Crippen LogP contribution is 2.21. The van der Waals surface area contributed by atoms with Gasteiger partial charge in [0.2, 0.25) is 0 Å². The summed E-state index contributed by atoms with van der Waals surface area (Å²) in [6.07, 6.45) is 1.71. The molecule has 0 bridgehead atoms. The molecule has 0 spiro atoms. The van der Waals surface area contributed by atoms with Gasteiger partial charge in [0.05, 0.1) is 25.9 Å². The van der Waals surface area contributed by atoms with Gasteiger partial charge in [0.25, 0.3) is 0 Å². The van der Waals surface area contributed by atoms with Crippen LogP contribution in [0, 0.1) is 23.7 Å². The van der Waals surface area contributed by atoms with E-state index in [9.17, 15) is 15.3 Å². The zero-order valence-corrected chi connectivity index (χ0v) is 14.5. The summed E-state index contributed by atoms with van der Waals surface area (Å²) in [5.74, 6) is 10.4. The van der Waals surface area contributed by atoms with Crippen molar-refractivity contribution in [2.24, 2.45) is 0 Å². The molecule has 0 amide bonds. The van der Waals surface area contributed by atoms with E-state index in [2.05, 4.69) is 23.7 Å². The number of hydrogen-bond donors (Lipinski definition) is 6. The Labute approximate surface area is 157 Å². The number of allylic oxidation sites excluding steroid dienone is 4. The fraction of sp³-hybridized carbons (Fsp3) is 0.474. The van der Waals surface area contributed by atoms with Gasteiger partial charge in [-0.15, -0.1) is 0 Å². The molecule has 8 heteroatoms. The van der Waals surface area contributed by atoms with Gasteiger partial charge in [-0.1, -0.05) is 36.1 Å². The summed E-state index contributed by atoms with van der Waals surface area (Å²) in [5, 5.41) is 55.8. The van der Waals surface area contributed by atoms with Crippen LogP contribution in [0.25, 0.3) is 0 Å². The molecular formula is C19H24O8. The van der Waals surface area contributed by atoms with Crippen LogP contribution in [-0.4, -0.2) is 87.3 Å². The van der Waals surface area contributed by atoms with Crippen LogP contribution < -0.4 is 0 Å². The molecule has 1 unspecified atom stereocenters. The van der Waals surface area contributed by atoms with Gasteiger partial charge in [0, 0.05) is 0 Å². The van der Waals surface area contributed by atoms with Crippen LogP contribution in [0.3, 0.4) is 0 Å². The molecule has 27 heavy (non-hydrogen) atoms. The molecule has 0 aliphatic carbocycles. The number of rotatable bonds is 7. The van der Waals surface area contributed by atoms with Crippen LogP contribution in [-0.2, 0) is 9.47 Å². The molecule has 6 atom stereocenters. The third-order valence-corrected chi connectivity index (χ3v) is 3.42. The van der Waals surface area contributed by atoms with E-state index in [1.165, 1.54) is 18.2 Å². The van der Waals surface area contributed by atoms with Crippen LogP contribution in [0.1, 0.15) is 0 Å². The van der Waals surface area contributed by atoms with Crippen molar-refractivity contribution in [2.75, 3.05) is 19.8 Å². The summed E-state index contributed by atoms with van der Waals surface area (Å²) in [4.78, 5) is 0. The molecule has 0 aromatic carbocycles. The number of aliphatic hydroxyl groups is 6. The van der Waals surface area contributed by atoms with Crippen molar-refractivity contribution < 1.29 is 40.1 Å². The molecule has 1 fully saturated rings. The van der Waals surface area contributed by atoms with Crippen LogP contribution in [0.15, 0.2) is 36.5 Å². The zero-order chi connectivity index (χ0) is 20.1. The van der Waals surface area contributed by atoms with Gasteiger partial charge < -0.3 is 40.1 Å². The molecule has 0 saturated carbocycles. The second kappa shape index (κ2) is 13.2. The van der Waals surface area contributed by atoms with E-state index >= 15 is 0 Å². The van der Waals surface area contributed by atoms with Crippen LogP contribution in [0.2, 0.25) is 0 Å². The second-order valence-corrected chi connectivity index (χ2v) is 5.47. The monoisotopic (exact) mass is 380 g/mol. The Morgan fingerprint density at radius 1 is 0.963 bits per heavy atom. The molecule has 1 heterocycles. The average Bonchev–Trinajstić information content (AvgIpc) is 2.68. The van der Waals surface area contributed by atoms with Crippen LogP contribution >= 0.6 is 0 Å². The summed E-state index contributed by atoms with van der Waals surface area (Å²) >= 11 is 0. The molecule has 8 nitrogen and oxygen atoms in total. The molecule has 148 valence electrons. The standard InChI is InChI=1S/C19H24O8/c20-12-14(22)10-8-6-4-2-1-3-5-7-9-11-26-19-18(25)17(24)16(23)15(13-21)27-19/h4,6-10,14-25H,11-13H2/b6-4+,9-7+,10-8+/t14?,15-,16-,17+,18-,19-/m1/s1. The Kier molecular flexibility index (Phi) is 11.3. The molecule has 0 aromatic rings. The first kappa shape index (κ1) is 23.1. The Morgan fingerprint density at radius 3 is 2.33 bits per heavy atom. The van der Waals surface area contributed by atoms with Gasteiger partial charge in [-0.2, -0.15) is 0 Å². The summed E-state index contributed by atoms with van der Waals surface area (Å²) in [6.45, 7) is -0.826. The Hall–Kier alpha value is -1.98. The first-order valence-electron chi connectivity index (χ1n) is 8.21. The lowest BCUT2D eigenvalue weighted by atomic mass is 9.99. The molecule has 1 rings (SSSR count). The van der Waals surface area contributed by atoms with Crippen molar-refractivity contribution in [1.29, 1.82) is 0 Å². The minimum atomic E-state index is -1.48. The first-order chi connectivity index (χ1) is 13.0. The Morgan fingerprint density at radius 2 is 1.67 bits per heavy atom. The molecule has 1 aliphatic rings. The third kappa shape index (κ3) is 8.50. The fourth-order valence-corrected chi connectivity index (χ4v) is 1.97. The van der Waals surface area contributed by atoms with Crippen molar-refractivity contribution in [1.82, 2.24) is 0 Å². The molecular weight excluding hydrogens is 356 g/mol. The quantitative estimate of drug-likeness (QED) is 0.217. The number of aliphatic hydroxyl groups excluding tert-OH is 6. The highest BCUT2D eigenvalue weighted by Gasteiger charge is 2.43. The highest BCUT2D eigenvalue weighted by molar-refractivity contribution is 5.34. The van der Waals surface area contributed by atoms with Gasteiger partial charge >= 0.3 is 0 Å². The molecule has 1 aliphatic heterocycles. The smallest absolute Gasteiger partial charge is 0.187 e. The summed E-state index contributed by atoms with van der Waals surface area (Å²) in [7, 11) is 0. The maximum atomic E-state index is 9.78. The molecule has 6 N–H and O–H groups in total. The van der Waals surface area contributed by atoms with E-state index in [0.717, 1.165) is 0 Å². The van der Waals surface area contributed by atoms with Crippen molar-refractivity contribution in [2.45, 2.75) is 36.8 Å². The lowest BCUT2D eigenvalue weighted by molar-refractivity contribution is -0.298. The summed E-state index contributed by atoms with van der Waals surface area (Å²) in [5.41, 5.74) is 0. The van der Waals surface area contributed by atoms with Crippen molar-refractivity contribution >= 4 is 0 Å². The van der Waals surface area contributed by atoms with E-state index < -0.39 is 43.4 Å². The predicted molar refractivity (Wildman–Crippen MR) is 95.8 cm³/mol. The Bertz CT molecular complexity index is 632. The van der Waals surface area contributed by atoms with E-state index in [1.54, 1.807) is 18.2 Å².